The van der Waals surface area contributed by atoms with E-state index in [9.17, 15) is 9.90 Å². The molecule has 0 radical (unpaired) electrons. The first kappa shape index (κ1) is 11.6. The molecule has 0 amide bonds. The molecule has 1 aliphatic rings. The number of carboxylic acid groups (broad SMARTS) is 1. The van der Waals surface area contributed by atoms with Gasteiger partial charge in [-0.15, -0.1) is 0 Å². The van der Waals surface area contributed by atoms with Crippen LogP contribution in [0.3, 0.4) is 0 Å². The molecule has 0 saturated carbocycles. The number of anilines is 1. The highest BCUT2D eigenvalue weighted by Gasteiger charge is 2.22. The molecule has 2 aromatic rings. The van der Waals surface area contributed by atoms with Crippen LogP contribution in [-0.2, 0) is 13.0 Å². The van der Waals surface area contributed by atoms with E-state index >= 15 is 0 Å². The minimum Gasteiger partial charge on any atom is -0.478 e. The van der Waals surface area contributed by atoms with Gasteiger partial charge in [0.2, 0.25) is 5.95 Å². The average molecular weight is 255 g/mol. The number of aromatic nitrogens is 2. The predicted molar refractivity (Wildman–Crippen MR) is 70.2 cm³/mol. The van der Waals surface area contributed by atoms with Gasteiger partial charge in [-0.25, -0.2) is 14.8 Å². The van der Waals surface area contributed by atoms with Gasteiger partial charge in [0.05, 0.1) is 5.56 Å². The zero-order valence-corrected chi connectivity index (χ0v) is 10.3. The fourth-order valence-electron chi connectivity index (χ4n) is 2.44. The molecule has 0 saturated heterocycles. The van der Waals surface area contributed by atoms with Crippen molar-refractivity contribution in [3.63, 3.8) is 0 Å². The van der Waals surface area contributed by atoms with Crippen LogP contribution in [-0.4, -0.2) is 27.6 Å². The van der Waals surface area contributed by atoms with Crippen LogP contribution in [0.2, 0.25) is 0 Å². The average Bonchev–Trinajstić information content (AvgIpc) is 2.47. The Balaban J connectivity index is 1.93. The van der Waals surface area contributed by atoms with E-state index in [4.69, 9.17) is 0 Å². The SMILES string of the molecule is O=C(O)c1cccc2c1CCN(c1ncccn1)C2. The number of benzene rings is 1. The third kappa shape index (κ3) is 2.14. The van der Waals surface area contributed by atoms with Crippen molar-refractivity contribution in [1.29, 1.82) is 0 Å². The first-order chi connectivity index (χ1) is 9.25. The second-order valence-corrected chi connectivity index (χ2v) is 4.47. The zero-order chi connectivity index (χ0) is 13.2. The van der Waals surface area contributed by atoms with Gasteiger partial charge in [0.25, 0.3) is 0 Å². The zero-order valence-electron chi connectivity index (χ0n) is 10.3. The molecule has 19 heavy (non-hydrogen) atoms. The van der Waals surface area contributed by atoms with Crippen LogP contribution in [0.25, 0.3) is 0 Å². The Kier molecular flexibility index (Phi) is 2.87. The van der Waals surface area contributed by atoms with Crippen molar-refractivity contribution in [3.05, 3.63) is 53.3 Å². The van der Waals surface area contributed by atoms with Crippen molar-refractivity contribution < 1.29 is 9.90 Å². The Morgan fingerprint density at radius 2 is 2.00 bits per heavy atom. The molecule has 0 unspecified atom stereocenters. The van der Waals surface area contributed by atoms with E-state index < -0.39 is 5.97 Å². The highest BCUT2D eigenvalue weighted by atomic mass is 16.4. The van der Waals surface area contributed by atoms with E-state index in [1.165, 1.54) is 0 Å². The topological polar surface area (TPSA) is 66.3 Å². The summed E-state index contributed by atoms with van der Waals surface area (Å²) in [6, 6.07) is 7.20. The lowest BCUT2D eigenvalue weighted by Gasteiger charge is -2.29. The Morgan fingerprint density at radius 3 is 2.74 bits per heavy atom. The van der Waals surface area contributed by atoms with Crippen LogP contribution in [0, 0.1) is 0 Å². The van der Waals surface area contributed by atoms with Gasteiger partial charge >= 0.3 is 5.97 Å². The Bertz CT molecular complexity index is 613. The highest BCUT2D eigenvalue weighted by molar-refractivity contribution is 5.90. The van der Waals surface area contributed by atoms with Gasteiger partial charge < -0.3 is 10.0 Å². The van der Waals surface area contributed by atoms with Crippen molar-refractivity contribution in [2.24, 2.45) is 0 Å². The number of carbonyl (C=O) groups is 1. The van der Waals surface area contributed by atoms with Gasteiger partial charge in [-0.2, -0.15) is 0 Å². The van der Waals surface area contributed by atoms with Crippen LogP contribution >= 0.6 is 0 Å². The molecule has 3 rings (SSSR count). The second kappa shape index (κ2) is 4.68. The number of fused-ring (bicyclic) bond motifs is 1. The number of rotatable bonds is 2. The van der Waals surface area contributed by atoms with Crippen LogP contribution in [0.4, 0.5) is 5.95 Å². The molecule has 0 aliphatic carbocycles. The van der Waals surface area contributed by atoms with Crippen molar-refractivity contribution in [2.45, 2.75) is 13.0 Å². The standard InChI is InChI=1S/C14H13N3O2/c18-13(19)12-4-1-3-10-9-17(8-5-11(10)12)14-15-6-2-7-16-14/h1-4,6-7H,5,8-9H2,(H,18,19). The summed E-state index contributed by atoms with van der Waals surface area (Å²) in [4.78, 5) is 21.7. The molecule has 0 fully saturated rings. The van der Waals surface area contributed by atoms with Gasteiger partial charge in [0.1, 0.15) is 0 Å². The van der Waals surface area contributed by atoms with E-state index in [2.05, 4.69) is 14.9 Å². The maximum atomic E-state index is 11.2. The van der Waals surface area contributed by atoms with Crippen molar-refractivity contribution in [2.75, 3.05) is 11.4 Å². The maximum absolute atomic E-state index is 11.2. The van der Waals surface area contributed by atoms with Crippen LogP contribution in [0.1, 0.15) is 21.5 Å². The van der Waals surface area contributed by atoms with Crippen LogP contribution in [0.5, 0.6) is 0 Å². The summed E-state index contributed by atoms with van der Waals surface area (Å²) < 4.78 is 0. The molecule has 96 valence electrons. The highest BCUT2D eigenvalue weighted by Crippen LogP contribution is 2.24. The van der Waals surface area contributed by atoms with Crippen LogP contribution < -0.4 is 4.90 Å². The van der Waals surface area contributed by atoms with Gasteiger partial charge in [-0.3, -0.25) is 0 Å². The third-order valence-electron chi connectivity index (χ3n) is 3.33. The summed E-state index contributed by atoms with van der Waals surface area (Å²) in [5.74, 6) is -0.171. The molecule has 1 aliphatic heterocycles. The molecular formula is C14H13N3O2. The normalized spacial score (nSPS) is 14.0. The van der Waals surface area contributed by atoms with Gasteiger partial charge in [0, 0.05) is 25.5 Å². The van der Waals surface area contributed by atoms with Gasteiger partial charge in [0.15, 0.2) is 0 Å². The molecule has 0 atom stereocenters. The minimum atomic E-state index is -0.860. The summed E-state index contributed by atoms with van der Waals surface area (Å²) in [5, 5.41) is 9.19. The van der Waals surface area contributed by atoms with E-state index in [1.54, 1.807) is 30.6 Å². The van der Waals surface area contributed by atoms with E-state index in [1.807, 2.05) is 6.07 Å². The molecule has 5 heteroatoms. The molecule has 1 aromatic heterocycles. The van der Waals surface area contributed by atoms with Crippen LogP contribution in [0.15, 0.2) is 36.7 Å². The van der Waals surface area contributed by atoms with Crippen molar-refractivity contribution >= 4 is 11.9 Å². The lowest BCUT2D eigenvalue weighted by molar-refractivity contribution is 0.0695. The fourth-order valence-corrected chi connectivity index (χ4v) is 2.44. The monoisotopic (exact) mass is 255 g/mol. The lowest BCUT2D eigenvalue weighted by Crippen LogP contribution is -2.32. The number of nitrogens with zero attached hydrogens (tertiary/aromatic N) is 3. The minimum absolute atomic E-state index is 0.408. The molecule has 1 N–H and O–H groups in total. The van der Waals surface area contributed by atoms with Gasteiger partial charge in [-0.05, 0) is 29.7 Å². The van der Waals surface area contributed by atoms with E-state index in [-0.39, 0.29) is 0 Å². The Morgan fingerprint density at radius 1 is 1.21 bits per heavy atom. The molecule has 2 heterocycles. The summed E-state index contributed by atoms with van der Waals surface area (Å²) in [5.41, 5.74) is 2.38. The second-order valence-electron chi connectivity index (χ2n) is 4.47. The first-order valence-electron chi connectivity index (χ1n) is 6.12. The van der Waals surface area contributed by atoms with E-state index in [0.29, 0.717) is 24.5 Å². The quantitative estimate of drug-likeness (QED) is 0.885. The molecule has 1 aromatic carbocycles. The number of carboxylic acids is 1. The van der Waals surface area contributed by atoms with Crippen molar-refractivity contribution in [3.8, 4) is 0 Å². The van der Waals surface area contributed by atoms with Gasteiger partial charge in [-0.1, -0.05) is 12.1 Å². The number of hydrogen-bond acceptors (Lipinski definition) is 4. The summed E-state index contributed by atoms with van der Waals surface area (Å²) >= 11 is 0. The lowest BCUT2D eigenvalue weighted by atomic mass is 9.95. The third-order valence-corrected chi connectivity index (χ3v) is 3.33. The fraction of sp³-hybridized carbons (Fsp3) is 0.214. The summed E-state index contributed by atoms with van der Waals surface area (Å²) in [6.07, 6.45) is 4.13. The Hall–Kier alpha value is -2.43. The molecule has 5 nitrogen and oxygen atoms in total. The Labute approximate surface area is 110 Å². The predicted octanol–water partition coefficient (Wildman–Crippen LogP) is 1.74. The summed E-state index contributed by atoms with van der Waals surface area (Å²) in [7, 11) is 0. The number of hydrogen-bond donors (Lipinski definition) is 1. The largest absolute Gasteiger partial charge is 0.478 e. The smallest absolute Gasteiger partial charge is 0.335 e. The summed E-state index contributed by atoms with van der Waals surface area (Å²) in [6.45, 7) is 1.39. The van der Waals surface area contributed by atoms with E-state index in [0.717, 1.165) is 17.7 Å². The van der Waals surface area contributed by atoms with Crippen molar-refractivity contribution in [1.82, 2.24) is 9.97 Å². The first-order valence-corrected chi connectivity index (χ1v) is 6.12. The number of aromatic carboxylic acids is 1. The molecule has 0 spiro atoms. The maximum Gasteiger partial charge on any atom is 0.335 e. The molecular weight excluding hydrogens is 242 g/mol. The molecule has 0 bridgehead atoms.